The van der Waals surface area contributed by atoms with Crippen molar-refractivity contribution in [2.45, 2.75) is 30.7 Å². The third-order valence-electron chi connectivity index (χ3n) is 5.23. The molecule has 30 heavy (non-hydrogen) atoms. The molecule has 4 rings (SSSR count). The van der Waals surface area contributed by atoms with Gasteiger partial charge < -0.3 is 5.32 Å². The maximum atomic E-state index is 12.9. The van der Waals surface area contributed by atoms with Crippen molar-refractivity contribution < 1.29 is 13.2 Å². The number of carbonyl (C=O) groups excluding carboxylic acids is 1. The highest BCUT2D eigenvalue weighted by molar-refractivity contribution is 7.89. The number of nitrogens with one attached hydrogen (secondary N) is 1. The second-order valence-electron chi connectivity index (χ2n) is 7.25. The summed E-state index contributed by atoms with van der Waals surface area (Å²) in [5.74, 6) is -0.319. The molecule has 0 radical (unpaired) electrons. The molecular weight excluding hydrogens is 400 g/mol. The van der Waals surface area contributed by atoms with Crippen LogP contribution in [-0.2, 0) is 16.6 Å². The van der Waals surface area contributed by atoms with Crippen LogP contribution >= 0.6 is 0 Å². The molecule has 1 aromatic heterocycles. The highest BCUT2D eigenvalue weighted by atomic mass is 32.2. The Balaban J connectivity index is 1.50. The van der Waals surface area contributed by atoms with Gasteiger partial charge in [-0.3, -0.25) is 4.79 Å². The maximum absolute atomic E-state index is 12.9. The van der Waals surface area contributed by atoms with E-state index in [4.69, 9.17) is 0 Å². The van der Waals surface area contributed by atoms with Crippen molar-refractivity contribution in [2.75, 3.05) is 13.1 Å². The number of carbonyl (C=O) groups is 1. The third kappa shape index (κ3) is 4.29. The number of rotatable bonds is 6. The lowest BCUT2D eigenvalue weighted by Gasteiger charge is -2.26. The first-order valence-corrected chi connectivity index (χ1v) is 11.5. The Labute approximate surface area is 176 Å². The summed E-state index contributed by atoms with van der Waals surface area (Å²) in [4.78, 5) is 12.9. The zero-order valence-corrected chi connectivity index (χ0v) is 17.4. The molecule has 3 aromatic rings. The molecule has 8 heteroatoms. The van der Waals surface area contributed by atoms with Crippen LogP contribution in [0.25, 0.3) is 5.69 Å². The molecule has 0 aliphatic carbocycles. The molecule has 1 amide bonds. The Bertz CT molecular complexity index is 1120. The molecule has 0 atom stereocenters. The summed E-state index contributed by atoms with van der Waals surface area (Å²) < 4.78 is 29.1. The number of hydrogen-bond donors (Lipinski definition) is 1. The topological polar surface area (TPSA) is 84.3 Å². The summed E-state index contributed by atoms with van der Waals surface area (Å²) >= 11 is 0. The second-order valence-corrected chi connectivity index (χ2v) is 9.19. The minimum absolute atomic E-state index is 0.161. The van der Waals surface area contributed by atoms with Crippen LogP contribution in [0.15, 0.2) is 71.9 Å². The first-order chi connectivity index (χ1) is 14.6. The van der Waals surface area contributed by atoms with Gasteiger partial charge in [0.1, 0.15) is 0 Å². The van der Waals surface area contributed by atoms with Gasteiger partial charge in [0, 0.05) is 37.6 Å². The van der Waals surface area contributed by atoms with Crippen molar-refractivity contribution in [3.8, 4) is 5.69 Å². The minimum atomic E-state index is -3.58. The normalized spacial score (nSPS) is 15.1. The third-order valence-corrected chi connectivity index (χ3v) is 7.13. The Morgan fingerprint density at radius 2 is 1.80 bits per heavy atom. The Morgan fingerprint density at radius 1 is 1.00 bits per heavy atom. The number of aromatic nitrogens is 2. The number of para-hydroxylation sites is 1. The van der Waals surface area contributed by atoms with E-state index in [2.05, 4.69) is 10.4 Å². The molecule has 156 valence electrons. The van der Waals surface area contributed by atoms with E-state index in [1.54, 1.807) is 29.1 Å². The van der Waals surface area contributed by atoms with E-state index >= 15 is 0 Å². The zero-order valence-electron chi connectivity index (χ0n) is 16.6. The Kier molecular flexibility index (Phi) is 5.96. The van der Waals surface area contributed by atoms with Gasteiger partial charge >= 0.3 is 0 Å². The molecule has 1 aliphatic heterocycles. The quantitative estimate of drug-likeness (QED) is 0.659. The molecule has 0 bridgehead atoms. The van der Waals surface area contributed by atoms with Gasteiger partial charge in [0.25, 0.3) is 5.91 Å². The molecule has 1 aliphatic rings. The molecule has 0 spiro atoms. The number of hydrogen-bond acceptors (Lipinski definition) is 4. The van der Waals surface area contributed by atoms with E-state index in [1.807, 2.05) is 36.5 Å². The van der Waals surface area contributed by atoms with E-state index in [0.717, 1.165) is 30.5 Å². The molecule has 2 aromatic carbocycles. The second kappa shape index (κ2) is 8.81. The largest absolute Gasteiger partial charge is 0.348 e. The summed E-state index contributed by atoms with van der Waals surface area (Å²) in [6.07, 6.45) is 6.33. The molecule has 1 saturated heterocycles. The van der Waals surface area contributed by atoms with Crippen molar-refractivity contribution in [3.63, 3.8) is 0 Å². The fourth-order valence-corrected chi connectivity index (χ4v) is 5.19. The first-order valence-electron chi connectivity index (χ1n) is 10.0. The maximum Gasteiger partial charge on any atom is 0.251 e. The summed E-state index contributed by atoms with van der Waals surface area (Å²) in [6, 6.07) is 15.8. The van der Waals surface area contributed by atoms with Crippen LogP contribution in [0.3, 0.4) is 0 Å². The van der Waals surface area contributed by atoms with Crippen LogP contribution in [0.2, 0.25) is 0 Å². The standard InChI is InChI=1S/C22H24N4O3S/c27-22(23-17-19-8-2-3-11-21(19)26-15-7-12-24-26)18-9-6-10-20(16-18)30(28,29)25-13-4-1-5-14-25/h2-3,6-12,15-16H,1,4-5,13-14,17H2,(H,23,27). The van der Waals surface area contributed by atoms with Crippen LogP contribution in [0.1, 0.15) is 35.2 Å². The van der Waals surface area contributed by atoms with Gasteiger partial charge in [0.05, 0.1) is 10.6 Å². The highest BCUT2D eigenvalue weighted by Gasteiger charge is 2.26. The van der Waals surface area contributed by atoms with Gasteiger partial charge in [-0.15, -0.1) is 0 Å². The number of amides is 1. The number of sulfonamides is 1. The molecule has 7 nitrogen and oxygen atoms in total. The predicted molar refractivity (Wildman–Crippen MR) is 114 cm³/mol. The Morgan fingerprint density at radius 3 is 2.57 bits per heavy atom. The van der Waals surface area contributed by atoms with Crippen molar-refractivity contribution in [1.82, 2.24) is 19.4 Å². The highest BCUT2D eigenvalue weighted by Crippen LogP contribution is 2.21. The van der Waals surface area contributed by atoms with Gasteiger partial charge in [-0.05, 0) is 48.7 Å². The van der Waals surface area contributed by atoms with Crippen molar-refractivity contribution in [3.05, 3.63) is 78.1 Å². The average molecular weight is 425 g/mol. The summed E-state index contributed by atoms with van der Waals surface area (Å²) in [5.41, 5.74) is 2.11. The van der Waals surface area contributed by atoms with Crippen molar-refractivity contribution >= 4 is 15.9 Å². The zero-order chi connectivity index (χ0) is 21.0. The van der Waals surface area contributed by atoms with Gasteiger partial charge in [-0.1, -0.05) is 30.7 Å². The van der Waals surface area contributed by atoms with Crippen LogP contribution in [-0.4, -0.2) is 41.5 Å². The lowest BCUT2D eigenvalue weighted by Crippen LogP contribution is -2.35. The van der Waals surface area contributed by atoms with Gasteiger partial charge in [0.15, 0.2) is 0 Å². The molecule has 1 N–H and O–H groups in total. The van der Waals surface area contributed by atoms with Crippen molar-refractivity contribution in [2.24, 2.45) is 0 Å². The molecule has 2 heterocycles. The molecule has 0 unspecified atom stereocenters. The van der Waals surface area contributed by atoms with E-state index in [1.165, 1.54) is 10.4 Å². The lowest BCUT2D eigenvalue weighted by atomic mass is 10.1. The number of benzene rings is 2. The summed E-state index contributed by atoms with van der Waals surface area (Å²) in [5, 5.41) is 7.14. The SMILES string of the molecule is O=C(NCc1ccccc1-n1cccn1)c1cccc(S(=O)(=O)N2CCCCC2)c1. The fourth-order valence-electron chi connectivity index (χ4n) is 3.62. The monoisotopic (exact) mass is 424 g/mol. The van der Waals surface area contributed by atoms with Gasteiger partial charge in [-0.25, -0.2) is 13.1 Å². The average Bonchev–Trinajstić information content (AvgIpc) is 3.33. The predicted octanol–water partition coefficient (Wildman–Crippen LogP) is 2.98. The van der Waals surface area contributed by atoms with Crippen LogP contribution < -0.4 is 5.32 Å². The van der Waals surface area contributed by atoms with E-state index < -0.39 is 10.0 Å². The van der Waals surface area contributed by atoms with Crippen molar-refractivity contribution in [1.29, 1.82) is 0 Å². The van der Waals surface area contributed by atoms with Crippen LogP contribution in [0.5, 0.6) is 0 Å². The Hall–Kier alpha value is -2.97. The molecule has 0 saturated carbocycles. The summed E-state index contributed by atoms with van der Waals surface area (Å²) in [6.45, 7) is 1.36. The van der Waals surface area contributed by atoms with E-state index in [9.17, 15) is 13.2 Å². The van der Waals surface area contributed by atoms with E-state index in [-0.39, 0.29) is 10.8 Å². The number of nitrogens with zero attached hydrogens (tertiary/aromatic N) is 3. The van der Waals surface area contributed by atoms with E-state index in [0.29, 0.717) is 25.2 Å². The fraction of sp³-hybridized carbons (Fsp3) is 0.273. The molecule has 1 fully saturated rings. The van der Waals surface area contributed by atoms with Gasteiger partial charge in [0.2, 0.25) is 10.0 Å². The minimum Gasteiger partial charge on any atom is -0.348 e. The summed E-state index contributed by atoms with van der Waals surface area (Å²) in [7, 11) is -3.58. The first kappa shape index (κ1) is 20.3. The van der Waals surface area contributed by atoms with Crippen LogP contribution in [0, 0.1) is 0 Å². The molecular formula is C22H24N4O3S. The van der Waals surface area contributed by atoms with Gasteiger partial charge in [-0.2, -0.15) is 9.40 Å². The number of piperidine rings is 1. The smallest absolute Gasteiger partial charge is 0.251 e. The lowest BCUT2D eigenvalue weighted by molar-refractivity contribution is 0.0950. The van der Waals surface area contributed by atoms with Crippen LogP contribution in [0.4, 0.5) is 0 Å².